The Balaban J connectivity index is 1.64. The van der Waals surface area contributed by atoms with E-state index in [0.29, 0.717) is 21.9 Å². The van der Waals surface area contributed by atoms with Gasteiger partial charge in [-0.3, -0.25) is 0 Å². The molecule has 1 saturated heterocycles. The first kappa shape index (κ1) is 18.3. The van der Waals surface area contributed by atoms with Crippen LogP contribution in [0.4, 0.5) is 11.6 Å². The average Bonchev–Trinajstić information content (AvgIpc) is 3.17. The molecule has 4 rings (SSSR count). The highest BCUT2D eigenvalue weighted by Crippen LogP contribution is 2.39. The first-order valence-electron chi connectivity index (χ1n) is 8.64. The molecule has 0 radical (unpaired) electrons. The van der Waals surface area contributed by atoms with Gasteiger partial charge >= 0.3 is 0 Å². The van der Waals surface area contributed by atoms with Gasteiger partial charge in [-0.1, -0.05) is 23.4 Å². The fraction of sp³-hybridized carbons (Fsp3) is 0.412. The monoisotopic (exact) mass is 405 g/mol. The van der Waals surface area contributed by atoms with E-state index in [1.807, 2.05) is 7.05 Å². The van der Waals surface area contributed by atoms with E-state index < -0.39 is 0 Å². The third-order valence-electron chi connectivity index (χ3n) is 5.11. The maximum atomic E-state index is 6.26. The minimum Gasteiger partial charge on any atom is -0.382 e. The van der Waals surface area contributed by atoms with Crippen LogP contribution in [0.5, 0.6) is 0 Å². The number of fused-ring (bicyclic) bond motifs is 1. The summed E-state index contributed by atoms with van der Waals surface area (Å²) in [6, 6.07) is 1.81. The van der Waals surface area contributed by atoms with Crippen molar-refractivity contribution in [2.75, 3.05) is 30.8 Å². The number of nitrogens with one attached hydrogen (secondary N) is 1. The van der Waals surface area contributed by atoms with E-state index in [-0.39, 0.29) is 5.54 Å². The van der Waals surface area contributed by atoms with E-state index in [9.17, 15) is 0 Å². The predicted molar refractivity (Wildman–Crippen MR) is 106 cm³/mol. The van der Waals surface area contributed by atoms with Crippen molar-refractivity contribution in [3.8, 4) is 0 Å². The van der Waals surface area contributed by atoms with Gasteiger partial charge in [0.25, 0.3) is 0 Å². The van der Waals surface area contributed by atoms with Crippen molar-refractivity contribution in [3.63, 3.8) is 0 Å². The lowest BCUT2D eigenvalue weighted by molar-refractivity contribution is 0.303. The first-order chi connectivity index (χ1) is 13.0. The van der Waals surface area contributed by atoms with Crippen LogP contribution in [0.25, 0.3) is 11.0 Å². The van der Waals surface area contributed by atoms with Crippen LogP contribution in [0, 0.1) is 0 Å². The average molecular weight is 406 g/mol. The van der Waals surface area contributed by atoms with Gasteiger partial charge in [-0.15, -0.1) is 0 Å². The van der Waals surface area contributed by atoms with Gasteiger partial charge < -0.3 is 16.0 Å². The molecule has 8 nitrogen and oxygen atoms in total. The molecule has 0 bridgehead atoms. The normalized spacial score (nSPS) is 16.8. The second kappa shape index (κ2) is 7.14. The highest BCUT2D eigenvalue weighted by atomic mass is 35.5. The zero-order valence-corrected chi connectivity index (χ0v) is 16.6. The Hall–Kier alpha value is -2.10. The SMILES string of the molecule is CNC1(C)CCN(c2ncc(Sc3ccnc(N)c3Cl)c3nonc23)CC1. The Morgan fingerprint density at radius 1 is 1.22 bits per heavy atom. The highest BCUT2D eigenvalue weighted by molar-refractivity contribution is 7.99. The smallest absolute Gasteiger partial charge is 0.178 e. The van der Waals surface area contributed by atoms with Gasteiger partial charge in [0.05, 0.1) is 9.92 Å². The van der Waals surface area contributed by atoms with E-state index in [1.54, 1.807) is 18.5 Å². The molecular formula is C17H20ClN7OS. The predicted octanol–water partition coefficient (Wildman–Crippen LogP) is 2.98. The number of hydrogen-bond donors (Lipinski definition) is 2. The molecule has 3 aromatic heterocycles. The Morgan fingerprint density at radius 2 is 1.96 bits per heavy atom. The van der Waals surface area contributed by atoms with E-state index in [4.69, 9.17) is 22.0 Å². The van der Waals surface area contributed by atoms with E-state index in [2.05, 4.69) is 37.4 Å². The summed E-state index contributed by atoms with van der Waals surface area (Å²) in [5.41, 5.74) is 7.27. The van der Waals surface area contributed by atoms with Crippen molar-refractivity contribution in [2.24, 2.45) is 0 Å². The molecule has 0 amide bonds. The van der Waals surface area contributed by atoms with Crippen molar-refractivity contribution in [3.05, 3.63) is 23.5 Å². The lowest BCUT2D eigenvalue weighted by atomic mass is 9.90. The second-order valence-electron chi connectivity index (χ2n) is 6.82. The minimum absolute atomic E-state index is 0.158. The van der Waals surface area contributed by atoms with Gasteiger partial charge in [0, 0.05) is 35.9 Å². The van der Waals surface area contributed by atoms with Gasteiger partial charge in [0.1, 0.15) is 5.82 Å². The molecule has 1 fully saturated rings. The van der Waals surface area contributed by atoms with Crippen LogP contribution in [-0.4, -0.2) is 46.0 Å². The molecule has 0 unspecified atom stereocenters. The molecule has 0 saturated carbocycles. The van der Waals surface area contributed by atoms with Gasteiger partial charge in [-0.2, -0.15) is 0 Å². The number of aromatic nitrogens is 4. The maximum Gasteiger partial charge on any atom is 0.178 e. The van der Waals surface area contributed by atoms with E-state index >= 15 is 0 Å². The van der Waals surface area contributed by atoms with Gasteiger partial charge in [-0.05, 0) is 43.2 Å². The molecule has 0 aliphatic carbocycles. The molecule has 10 heteroatoms. The van der Waals surface area contributed by atoms with Gasteiger partial charge in [0.2, 0.25) is 0 Å². The lowest BCUT2D eigenvalue weighted by Crippen LogP contribution is -2.50. The Kier molecular flexibility index (Phi) is 4.83. The van der Waals surface area contributed by atoms with Crippen molar-refractivity contribution in [1.29, 1.82) is 0 Å². The van der Waals surface area contributed by atoms with Crippen LogP contribution in [-0.2, 0) is 0 Å². The summed E-state index contributed by atoms with van der Waals surface area (Å²) in [5.74, 6) is 1.09. The van der Waals surface area contributed by atoms with E-state index in [1.165, 1.54) is 11.8 Å². The van der Waals surface area contributed by atoms with Crippen LogP contribution in [0.15, 0.2) is 32.9 Å². The number of hydrogen-bond acceptors (Lipinski definition) is 9. The summed E-state index contributed by atoms with van der Waals surface area (Å²) in [4.78, 5) is 12.5. The molecule has 1 aliphatic rings. The van der Waals surface area contributed by atoms with Crippen LogP contribution in [0.2, 0.25) is 5.02 Å². The number of anilines is 2. The first-order valence-corrected chi connectivity index (χ1v) is 9.83. The third-order valence-corrected chi connectivity index (χ3v) is 6.70. The number of rotatable bonds is 4. The number of piperidine rings is 1. The summed E-state index contributed by atoms with van der Waals surface area (Å²) in [6.45, 7) is 4.03. The molecule has 1 aliphatic heterocycles. The van der Waals surface area contributed by atoms with Crippen LogP contribution in [0.3, 0.4) is 0 Å². The molecule has 4 heterocycles. The number of nitrogen functional groups attached to an aromatic ring is 1. The number of halogens is 1. The quantitative estimate of drug-likeness (QED) is 0.677. The summed E-state index contributed by atoms with van der Waals surface area (Å²) < 4.78 is 5.03. The standard InChI is InChI=1S/C17H20ClN7OS/c1-17(20-2)4-7-25(8-5-17)16-14-13(23-26-24-14)11(9-22-16)27-10-3-6-21-15(19)12(10)18/h3,6,9,20H,4-5,7-8H2,1-2H3,(H2,19,21). The Morgan fingerprint density at radius 3 is 2.70 bits per heavy atom. The molecule has 0 spiro atoms. The zero-order valence-electron chi connectivity index (χ0n) is 15.1. The van der Waals surface area contributed by atoms with Crippen molar-refractivity contribution in [1.82, 2.24) is 25.6 Å². The molecule has 0 atom stereocenters. The molecule has 3 N–H and O–H groups in total. The number of pyridine rings is 2. The Labute approximate surface area is 165 Å². The molecule has 142 valence electrons. The second-order valence-corrected chi connectivity index (χ2v) is 8.28. The largest absolute Gasteiger partial charge is 0.382 e. The van der Waals surface area contributed by atoms with Crippen LogP contribution >= 0.6 is 23.4 Å². The topological polar surface area (TPSA) is 106 Å². The molecule has 27 heavy (non-hydrogen) atoms. The van der Waals surface area contributed by atoms with Crippen molar-refractivity contribution >= 4 is 46.0 Å². The molecular weight excluding hydrogens is 386 g/mol. The molecule has 0 aromatic carbocycles. The fourth-order valence-corrected chi connectivity index (χ4v) is 4.27. The third kappa shape index (κ3) is 3.42. The van der Waals surface area contributed by atoms with Gasteiger partial charge in [0.15, 0.2) is 16.9 Å². The number of nitrogens with zero attached hydrogens (tertiary/aromatic N) is 5. The maximum absolute atomic E-state index is 6.26. The summed E-state index contributed by atoms with van der Waals surface area (Å²) in [7, 11) is 2.01. The highest BCUT2D eigenvalue weighted by Gasteiger charge is 2.30. The summed E-state index contributed by atoms with van der Waals surface area (Å²) in [5, 5.41) is 12.0. The fourth-order valence-electron chi connectivity index (χ4n) is 3.15. The van der Waals surface area contributed by atoms with Crippen molar-refractivity contribution in [2.45, 2.75) is 35.1 Å². The summed E-state index contributed by atoms with van der Waals surface area (Å²) >= 11 is 7.68. The lowest BCUT2D eigenvalue weighted by Gasteiger charge is -2.39. The summed E-state index contributed by atoms with van der Waals surface area (Å²) in [6.07, 6.45) is 5.46. The number of nitrogens with two attached hydrogens (primary N) is 1. The Bertz CT molecular complexity index is 971. The van der Waals surface area contributed by atoms with E-state index in [0.717, 1.165) is 41.5 Å². The van der Waals surface area contributed by atoms with Crippen LogP contribution < -0.4 is 16.0 Å². The van der Waals surface area contributed by atoms with Crippen LogP contribution in [0.1, 0.15) is 19.8 Å². The molecule has 3 aromatic rings. The minimum atomic E-state index is 0.158. The zero-order chi connectivity index (χ0) is 19.0. The van der Waals surface area contributed by atoms with Crippen molar-refractivity contribution < 1.29 is 4.63 Å². The van der Waals surface area contributed by atoms with Gasteiger partial charge in [-0.25, -0.2) is 14.6 Å².